The van der Waals surface area contributed by atoms with Crippen LogP contribution in [0.3, 0.4) is 0 Å². The molecule has 0 spiro atoms. The highest BCUT2D eigenvalue weighted by molar-refractivity contribution is 14.1. The van der Waals surface area contributed by atoms with Gasteiger partial charge in [0, 0.05) is 45.5 Å². The van der Waals surface area contributed by atoms with Crippen LogP contribution < -0.4 is 10.6 Å². The molecule has 0 saturated carbocycles. The minimum Gasteiger partial charge on any atom is -0.385 e. The first-order valence-corrected chi connectivity index (χ1v) is 11.7. The van der Waals surface area contributed by atoms with E-state index in [1.54, 1.807) is 0 Å². The smallest absolute Gasteiger partial charge is 0.170 e. The third-order valence-corrected chi connectivity index (χ3v) is 7.26. The van der Waals surface area contributed by atoms with Crippen LogP contribution in [0.25, 0.3) is 0 Å². The number of thiocarbonyl (C=S) groups is 1. The number of nitrogens with zero attached hydrogens (tertiary/aromatic N) is 2. The van der Waals surface area contributed by atoms with Gasteiger partial charge in [-0.05, 0) is 79.3 Å². The Kier molecular flexibility index (Phi) is 6.58. The molecule has 2 aromatic heterocycles. The van der Waals surface area contributed by atoms with E-state index in [0.717, 1.165) is 36.0 Å². The molecule has 1 aliphatic rings. The first kappa shape index (κ1) is 21.1. The molecule has 1 fully saturated rings. The molecule has 0 bridgehead atoms. The van der Waals surface area contributed by atoms with Crippen molar-refractivity contribution in [3.63, 3.8) is 0 Å². The van der Waals surface area contributed by atoms with Gasteiger partial charge in [-0.3, -0.25) is 4.98 Å². The largest absolute Gasteiger partial charge is 0.385 e. The highest BCUT2D eigenvalue weighted by Gasteiger charge is 2.41. The summed E-state index contributed by atoms with van der Waals surface area (Å²) >= 11 is 8.24. The van der Waals surface area contributed by atoms with Gasteiger partial charge in [0.1, 0.15) is 0 Å². The molecule has 5 nitrogen and oxygen atoms in total. The number of para-hydroxylation sites is 1. The highest BCUT2D eigenvalue weighted by atomic mass is 127. The molecule has 7 heteroatoms. The summed E-state index contributed by atoms with van der Waals surface area (Å²) in [5.74, 6) is 0. The number of halogens is 1. The van der Waals surface area contributed by atoms with E-state index in [4.69, 9.17) is 12.2 Å². The summed E-state index contributed by atoms with van der Waals surface area (Å²) in [6, 6.07) is 16.5. The van der Waals surface area contributed by atoms with Crippen molar-refractivity contribution < 1.29 is 0 Å². The summed E-state index contributed by atoms with van der Waals surface area (Å²) in [6.45, 7) is 6.05. The third kappa shape index (κ3) is 4.32. The molecule has 0 amide bonds. The average molecular weight is 531 g/mol. The van der Waals surface area contributed by atoms with E-state index in [2.05, 4.69) is 80.1 Å². The number of aromatic amines is 1. The number of anilines is 1. The Labute approximate surface area is 196 Å². The van der Waals surface area contributed by atoms with Crippen molar-refractivity contribution in [2.75, 3.05) is 18.4 Å². The first-order valence-electron chi connectivity index (χ1n) is 10.2. The fourth-order valence-corrected chi connectivity index (χ4v) is 5.31. The van der Waals surface area contributed by atoms with Crippen LogP contribution in [0.15, 0.2) is 54.7 Å². The van der Waals surface area contributed by atoms with E-state index in [9.17, 15) is 0 Å². The predicted octanol–water partition coefficient (Wildman–Crippen LogP) is 5.11. The summed E-state index contributed by atoms with van der Waals surface area (Å²) in [7, 11) is 0. The van der Waals surface area contributed by atoms with E-state index >= 15 is 0 Å². The minimum atomic E-state index is 0.0307. The molecule has 30 heavy (non-hydrogen) atoms. The fourth-order valence-electron chi connectivity index (χ4n) is 4.12. The van der Waals surface area contributed by atoms with Gasteiger partial charge in [-0.25, -0.2) is 0 Å². The summed E-state index contributed by atoms with van der Waals surface area (Å²) in [6.07, 6.45) is 2.84. The van der Waals surface area contributed by atoms with Crippen LogP contribution >= 0.6 is 34.8 Å². The molecule has 156 valence electrons. The maximum absolute atomic E-state index is 5.78. The van der Waals surface area contributed by atoms with Gasteiger partial charge in [0.25, 0.3) is 0 Å². The van der Waals surface area contributed by atoms with Crippen molar-refractivity contribution in [2.24, 2.45) is 0 Å². The highest BCUT2D eigenvalue weighted by Crippen LogP contribution is 2.42. The molecule has 1 aliphatic heterocycles. The van der Waals surface area contributed by atoms with Crippen molar-refractivity contribution in [1.82, 2.24) is 20.2 Å². The first-order chi connectivity index (χ1) is 14.6. The predicted molar refractivity (Wildman–Crippen MR) is 135 cm³/mol. The Hall–Kier alpha value is -2.13. The van der Waals surface area contributed by atoms with E-state index in [0.29, 0.717) is 0 Å². The molecular weight excluding hydrogens is 505 g/mol. The number of aromatic nitrogens is 2. The zero-order valence-corrected chi connectivity index (χ0v) is 20.1. The summed E-state index contributed by atoms with van der Waals surface area (Å²) in [4.78, 5) is 10.5. The van der Waals surface area contributed by atoms with E-state index < -0.39 is 0 Å². The number of hydrogen-bond donors (Lipinski definition) is 3. The van der Waals surface area contributed by atoms with Gasteiger partial charge in [-0.2, -0.15) is 0 Å². The second-order valence-electron chi connectivity index (χ2n) is 7.57. The second-order valence-corrected chi connectivity index (χ2v) is 9.03. The van der Waals surface area contributed by atoms with Crippen LogP contribution in [0.5, 0.6) is 0 Å². The number of rotatable bonds is 7. The van der Waals surface area contributed by atoms with Gasteiger partial charge in [0.15, 0.2) is 5.11 Å². The zero-order valence-electron chi connectivity index (χ0n) is 17.2. The molecule has 0 unspecified atom stereocenters. The second kappa shape index (κ2) is 9.34. The average Bonchev–Trinajstić information content (AvgIpc) is 3.21. The van der Waals surface area contributed by atoms with Gasteiger partial charge >= 0.3 is 0 Å². The summed E-state index contributed by atoms with van der Waals surface area (Å²) in [5, 5.41) is 7.84. The fraction of sp³-hybridized carbons (Fsp3) is 0.304. The topological polar surface area (TPSA) is 56.0 Å². The van der Waals surface area contributed by atoms with Crippen molar-refractivity contribution >= 4 is 45.6 Å². The van der Waals surface area contributed by atoms with E-state index in [-0.39, 0.29) is 12.1 Å². The number of hydrogen-bond acceptors (Lipinski definition) is 3. The van der Waals surface area contributed by atoms with Crippen LogP contribution in [0, 0.1) is 17.4 Å². The number of H-pyrrole nitrogens is 1. The van der Waals surface area contributed by atoms with Crippen molar-refractivity contribution in [1.29, 1.82) is 0 Å². The molecule has 3 aromatic rings. The lowest BCUT2D eigenvalue weighted by Gasteiger charge is -2.28. The molecular formula is C23H26IN5S. The Balaban J connectivity index is 1.56. The maximum atomic E-state index is 5.78. The molecule has 0 aliphatic carbocycles. The van der Waals surface area contributed by atoms with Crippen molar-refractivity contribution in [3.8, 4) is 0 Å². The van der Waals surface area contributed by atoms with Gasteiger partial charge in [-0.15, -0.1) is 0 Å². The van der Waals surface area contributed by atoms with Gasteiger partial charge < -0.3 is 20.5 Å². The molecule has 1 aromatic carbocycles. The maximum Gasteiger partial charge on any atom is 0.170 e. The summed E-state index contributed by atoms with van der Waals surface area (Å²) < 4.78 is 1.27. The van der Waals surface area contributed by atoms with Crippen molar-refractivity contribution in [3.05, 3.63) is 80.9 Å². The lowest BCUT2D eigenvalue weighted by atomic mass is 9.96. The van der Waals surface area contributed by atoms with Gasteiger partial charge in [0.05, 0.1) is 17.8 Å². The molecule has 4 rings (SSSR count). The number of aryl methyl sites for hydroxylation is 2. The van der Waals surface area contributed by atoms with E-state index in [1.807, 2.05) is 36.5 Å². The Morgan fingerprint density at radius 1 is 1.10 bits per heavy atom. The third-order valence-electron chi connectivity index (χ3n) is 5.52. The molecule has 3 N–H and O–H groups in total. The Bertz CT molecular complexity index is 1010. The van der Waals surface area contributed by atoms with Crippen LogP contribution in [0.4, 0.5) is 5.69 Å². The lowest BCUT2D eigenvalue weighted by molar-refractivity contribution is 0.314. The molecule has 1 saturated heterocycles. The molecule has 2 atom stereocenters. The summed E-state index contributed by atoms with van der Waals surface area (Å²) in [5.41, 5.74) is 5.87. The molecule has 3 heterocycles. The number of pyridine rings is 1. The van der Waals surface area contributed by atoms with Gasteiger partial charge in [0.2, 0.25) is 0 Å². The standard InChI is InChI=1S/C23H26IN5S/c1-15-19(20(24)16(2)27-15)22-21(18-11-6-7-12-26-18)28-23(30)29(22)14-8-13-25-17-9-4-3-5-10-17/h3-7,9-12,21-22,25,27H,8,13-14H2,1-2H3,(H,28,30)/t21-,22+/m1/s1. The van der Waals surface area contributed by atoms with Crippen molar-refractivity contribution in [2.45, 2.75) is 32.4 Å². The Morgan fingerprint density at radius 2 is 1.87 bits per heavy atom. The lowest BCUT2D eigenvalue weighted by Crippen LogP contribution is -2.32. The van der Waals surface area contributed by atoms with Crippen LogP contribution in [-0.2, 0) is 0 Å². The van der Waals surface area contributed by atoms with Crippen LogP contribution in [0.2, 0.25) is 0 Å². The normalized spacial score (nSPS) is 18.5. The van der Waals surface area contributed by atoms with E-state index in [1.165, 1.54) is 20.5 Å². The quantitative estimate of drug-likeness (QED) is 0.225. The monoisotopic (exact) mass is 531 g/mol. The molecule has 0 radical (unpaired) electrons. The van der Waals surface area contributed by atoms with Crippen LogP contribution in [-0.4, -0.2) is 33.1 Å². The Morgan fingerprint density at radius 3 is 2.53 bits per heavy atom. The van der Waals surface area contributed by atoms with Gasteiger partial charge in [-0.1, -0.05) is 24.3 Å². The minimum absolute atomic E-state index is 0.0307. The number of nitrogens with one attached hydrogen (secondary N) is 3. The number of benzene rings is 1. The zero-order chi connectivity index (χ0) is 21.1. The van der Waals surface area contributed by atoms with Crippen LogP contribution in [0.1, 0.15) is 41.1 Å². The SMILES string of the molecule is Cc1[nH]c(C)c([C@H]2[C@@H](c3ccccn3)NC(=S)N2CCCNc2ccccc2)c1I.